The van der Waals surface area contributed by atoms with Crippen molar-refractivity contribution in [1.29, 1.82) is 0 Å². The maximum atomic E-state index is 6.33. The van der Waals surface area contributed by atoms with Crippen LogP contribution in [0, 0.1) is 0 Å². The quantitative estimate of drug-likeness (QED) is 0.648. The van der Waals surface area contributed by atoms with Crippen molar-refractivity contribution in [2.45, 2.75) is 20.0 Å². The maximum Gasteiger partial charge on any atom is 0.163 e. The van der Waals surface area contributed by atoms with E-state index in [0.717, 1.165) is 16.6 Å². The number of imidazole rings is 1. The van der Waals surface area contributed by atoms with Crippen molar-refractivity contribution in [2.75, 3.05) is 14.2 Å². The summed E-state index contributed by atoms with van der Waals surface area (Å²) in [6.07, 6.45) is -0.0213. The Morgan fingerprint density at radius 2 is 1.56 bits per heavy atom. The first-order valence-corrected chi connectivity index (χ1v) is 8.46. The lowest BCUT2D eigenvalue weighted by molar-refractivity contribution is 0.243. The Balaban J connectivity index is 2.07. The summed E-state index contributed by atoms with van der Waals surface area (Å²) >= 11 is 12.7. The molecule has 132 valence electrons. The van der Waals surface area contributed by atoms with Crippen molar-refractivity contribution in [2.24, 2.45) is 0 Å². The van der Waals surface area contributed by atoms with Gasteiger partial charge in [0, 0.05) is 17.7 Å². The number of aromatic amines is 1. The van der Waals surface area contributed by atoms with E-state index >= 15 is 0 Å². The minimum absolute atomic E-state index is 0.0213. The van der Waals surface area contributed by atoms with Crippen LogP contribution in [0.25, 0.3) is 22.4 Å². The number of methoxy groups -OCH3 is 2. The molecule has 1 heterocycles. The highest BCUT2D eigenvalue weighted by molar-refractivity contribution is 6.37. The van der Waals surface area contributed by atoms with Gasteiger partial charge in [-0.2, -0.15) is 0 Å². The Morgan fingerprint density at radius 3 is 2.12 bits per heavy atom. The second-order valence-corrected chi connectivity index (χ2v) is 6.56. The van der Waals surface area contributed by atoms with E-state index in [1.165, 1.54) is 0 Å². The highest BCUT2D eigenvalue weighted by atomic mass is 35.5. The topological polar surface area (TPSA) is 56.4 Å². The number of hydrogen-bond donors (Lipinski definition) is 1. The largest absolute Gasteiger partial charge is 0.493 e. The molecule has 3 aromatic rings. The molecule has 0 unspecified atom stereocenters. The van der Waals surface area contributed by atoms with Gasteiger partial charge in [-0.15, -0.1) is 0 Å². The fraction of sp³-hybridized carbons (Fsp3) is 0.278. The average molecular weight is 381 g/mol. The van der Waals surface area contributed by atoms with Crippen LogP contribution < -0.4 is 14.2 Å². The molecule has 25 heavy (non-hydrogen) atoms. The van der Waals surface area contributed by atoms with Gasteiger partial charge < -0.3 is 19.2 Å². The highest BCUT2D eigenvalue weighted by Crippen LogP contribution is 2.38. The van der Waals surface area contributed by atoms with Gasteiger partial charge in [-0.05, 0) is 26.0 Å². The standard InChI is InChI=1S/C18H18Cl2N2O3/c1-9(2)25-17-11(19)5-10(6-12(17)20)18-21-13-7-15(23-3)16(24-4)8-14(13)22-18/h5-9H,1-4H3,(H,21,22). The van der Waals surface area contributed by atoms with Gasteiger partial charge in [-0.3, -0.25) is 0 Å². The highest BCUT2D eigenvalue weighted by Gasteiger charge is 2.15. The number of aromatic nitrogens is 2. The molecule has 0 aliphatic heterocycles. The Bertz CT molecular complexity index is 858. The van der Waals surface area contributed by atoms with E-state index in [1.807, 2.05) is 26.0 Å². The Kier molecular flexibility index (Phi) is 4.97. The van der Waals surface area contributed by atoms with Gasteiger partial charge in [0.2, 0.25) is 0 Å². The predicted octanol–water partition coefficient (Wildman–Crippen LogP) is 5.34. The minimum Gasteiger partial charge on any atom is -0.493 e. The summed E-state index contributed by atoms with van der Waals surface area (Å²) in [5, 5.41) is 0.874. The van der Waals surface area contributed by atoms with Gasteiger partial charge in [0.1, 0.15) is 5.82 Å². The fourth-order valence-corrected chi connectivity index (χ4v) is 3.09. The second-order valence-electron chi connectivity index (χ2n) is 5.75. The lowest BCUT2D eigenvalue weighted by Gasteiger charge is -2.13. The molecule has 0 radical (unpaired) electrons. The van der Waals surface area contributed by atoms with Crippen molar-refractivity contribution >= 4 is 34.2 Å². The Labute approximate surface area is 155 Å². The van der Waals surface area contributed by atoms with E-state index in [4.69, 9.17) is 37.4 Å². The van der Waals surface area contributed by atoms with Crippen LogP contribution in [0.2, 0.25) is 10.0 Å². The number of ether oxygens (including phenoxy) is 3. The molecule has 1 aromatic heterocycles. The van der Waals surface area contributed by atoms with Gasteiger partial charge in [-0.25, -0.2) is 4.98 Å². The number of hydrogen-bond acceptors (Lipinski definition) is 4. The van der Waals surface area contributed by atoms with Crippen molar-refractivity contribution in [3.63, 3.8) is 0 Å². The summed E-state index contributed by atoms with van der Waals surface area (Å²) in [7, 11) is 3.18. The number of fused-ring (bicyclic) bond motifs is 1. The van der Waals surface area contributed by atoms with Crippen LogP contribution in [0.1, 0.15) is 13.8 Å². The first-order chi connectivity index (χ1) is 11.9. The van der Waals surface area contributed by atoms with Crippen LogP contribution in [-0.2, 0) is 0 Å². The van der Waals surface area contributed by atoms with Crippen LogP contribution in [0.3, 0.4) is 0 Å². The lowest BCUT2D eigenvalue weighted by atomic mass is 10.2. The van der Waals surface area contributed by atoms with Crippen molar-refractivity contribution in [3.05, 3.63) is 34.3 Å². The molecule has 1 N–H and O–H groups in total. The number of nitrogens with zero attached hydrogens (tertiary/aromatic N) is 1. The molecule has 0 aliphatic carbocycles. The SMILES string of the molecule is COc1cc2nc(-c3cc(Cl)c(OC(C)C)c(Cl)c3)[nH]c2cc1OC. The number of halogens is 2. The number of benzene rings is 2. The zero-order valence-corrected chi connectivity index (χ0v) is 15.8. The molecule has 0 saturated heterocycles. The molecular formula is C18H18Cl2N2O3. The molecule has 7 heteroatoms. The molecule has 0 aliphatic rings. The molecule has 0 spiro atoms. The summed E-state index contributed by atoms with van der Waals surface area (Å²) in [4.78, 5) is 7.84. The van der Waals surface area contributed by atoms with Crippen LogP contribution in [0.4, 0.5) is 0 Å². The summed E-state index contributed by atoms with van der Waals surface area (Å²) < 4.78 is 16.3. The Hall–Kier alpha value is -2.11. The first kappa shape index (κ1) is 17.7. The summed E-state index contributed by atoms with van der Waals surface area (Å²) in [6.45, 7) is 3.83. The van der Waals surface area contributed by atoms with Crippen LogP contribution in [0.5, 0.6) is 17.2 Å². The average Bonchev–Trinajstić information content (AvgIpc) is 2.99. The van der Waals surface area contributed by atoms with Crippen molar-refractivity contribution < 1.29 is 14.2 Å². The minimum atomic E-state index is -0.0213. The first-order valence-electron chi connectivity index (χ1n) is 7.70. The van der Waals surface area contributed by atoms with Crippen molar-refractivity contribution in [1.82, 2.24) is 9.97 Å². The van der Waals surface area contributed by atoms with E-state index in [1.54, 1.807) is 26.4 Å². The monoisotopic (exact) mass is 380 g/mol. The molecule has 2 aromatic carbocycles. The zero-order valence-electron chi connectivity index (χ0n) is 14.3. The van der Waals surface area contributed by atoms with E-state index < -0.39 is 0 Å². The molecule has 0 atom stereocenters. The normalized spacial score (nSPS) is 11.2. The van der Waals surface area contributed by atoms with Crippen LogP contribution >= 0.6 is 23.2 Å². The third-order valence-electron chi connectivity index (χ3n) is 3.61. The summed E-state index contributed by atoms with van der Waals surface area (Å²) in [5.41, 5.74) is 2.34. The zero-order chi connectivity index (χ0) is 18.1. The molecule has 5 nitrogen and oxygen atoms in total. The molecule has 0 bridgehead atoms. The molecule has 3 rings (SSSR count). The number of H-pyrrole nitrogens is 1. The van der Waals surface area contributed by atoms with E-state index in [0.29, 0.717) is 33.1 Å². The number of rotatable bonds is 5. The van der Waals surface area contributed by atoms with E-state index in [2.05, 4.69) is 9.97 Å². The molecule has 0 saturated carbocycles. The van der Waals surface area contributed by atoms with Crippen LogP contribution in [-0.4, -0.2) is 30.3 Å². The predicted molar refractivity (Wildman–Crippen MR) is 100 cm³/mol. The van der Waals surface area contributed by atoms with Crippen LogP contribution in [0.15, 0.2) is 24.3 Å². The Morgan fingerprint density at radius 1 is 0.960 bits per heavy atom. The third-order valence-corrected chi connectivity index (χ3v) is 4.17. The van der Waals surface area contributed by atoms with Gasteiger partial charge >= 0.3 is 0 Å². The summed E-state index contributed by atoms with van der Waals surface area (Å²) in [5.74, 6) is 2.36. The fourth-order valence-electron chi connectivity index (χ4n) is 2.52. The summed E-state index contributed by atoms with van der Waals surface area (Å²) in [6, 6.07) is 7.20. The smallest absolute Gasteiger partial charge is 0.163 e. The van der Waals surface area contributed by atoms with E-state index in [-0.39, 0.29) is 6.10 Å². The lowest BCUT2D eigenvalue weighted by Crippen LogP contribution is -2.06. The van der Waals surface area contributed by atoms with Crippen molar-refractivity contribution in [3.8, 4) is 28.6 Å². The second kappa shape index (κ2) is 7.02. The molecule has 0 amide bonds. The van der Waals surface area contributed by atoms with Gasteiger partial charge in [0.25, 0.3) is 0 Å². The molecular weight excluding hydrogens is 363 g/mol. The number of nitrogens with one attached hydrogen (secondary N) is 1. The third kappa shape index (κ3) is 3.48. The van der Waals surface area contributed by atoms with Gasteiger partial charge in [0.15, 0.2) is 17.2 Å². The van der Waals surface area contributed by atoms with Gasteiger partial charge in [-0.1, -0.05) is 23.2 Å². The maximum absolute atomic E-state index is 6.33. The van der Waals surface area contributed by atoms with E-state index in [9.17, 15) is 0 Å². The van der Waals surface area contributed by atoms with Gasteiger partial charge in [0.05, 0.1) is 41.4 Å². The molecule has 0 fully saturated rings.